The predicted molar refractivity (Wildman–Crippen MR) is 94.3 cm³/mol. The van der Waals surface area contributed by atoms with Gasteiger partial charge in [0.15, 0.2) is 11.5 Å². The van der Waals surface area contributed by atoms with Gasteiger partial charge in [-0.05, 0) is 47.9 Å². The van der Waals surface area contributed by atoms with E-state index in [1.165, 1.54) is 7.11 Å². The van der Waals surface area contributed by atoms with Gasteiger partial charge in [-0.25, -0.2) is 0 Å². The van der Waals surface area contributed by atoms with Crippen molar-refractivity contribution < 1.29 is 24.1 Å². The number of aliphatic carboxylic acids is 1. The van der Waals surface area contributed by atoms with Crippen LogP contribution in [0.15, 0.2) is 40.9 Å². The van der Waals surface area contributed by atoms with E-state index in [9.17, 15) is 9.90 Å². The fraction of sp³-hybridized carbons (Fsp3) is 0.278. The number of carboxylic acid groups (broad SMARTS) is 1. The van der Waals surface area contributed by atoms with Crippen molar-refractivity contribution in [2.24, 2.45) is 0 Å². The number of carbonyl (C=O) groups is 1. The molecule has 1 N–H and O–H groups in total. The number of halogens is 1. The molecule has 0 saturated carbocycles. The maximum absolute atomic E-state index is 11.8. The van der Waals surface area contributed by atoms with Crippen LogP contribution in [-0.4, -0.2) is 32.4 Å². The first kappa shape index (κ1) is 18.1. The van der Waals surface area contributed by atoms with E-state index >= 15 is 0 Å². The lowest BCUT2D eigenvalue weighted by atomic mass is 9.91. The molecule has 0 bridgehead atoms. The molecule has 0 aliphatic heterocycles. The van der Waals surface area contributed by atoms with Crippen molar-refractivity contribution in [3.63, 3.8) is 0 Å². The Labute approximate surface area is 149 Å². The average molecular weight is 395 g/mol. The first-order chi connectivity index (χ1) is 11.5. The van der Waals surface area contributed by atoms with Gasteiger partial charge in [-0.2, -0.15) is 0 Å². The second-order valence-corrected chi connectivity index (χ2v) is 6.08. The zero-order valence-corrected chi connectivity index (χ0v) is 15.3. The second-order valence-electron chi connectivity index (χ2n) is 5.17. The number of rotatable bonds is 7. The number of hydrogen-bond donors (Lipinski definition) is 1. The summed E-state index contributed by atoms with van der Waals surface area (Å²) in [5, 5.41) is 9.69. The zero-order valence-electron chi connectivity index (χ0n) is 13.7. The smallest absolute Gasteiger partial charge is 0.311 e. The Balaban J connectivity index is 2.41. The summed E-state index contributed by atoms with van der Waals surface area (Å²) in [5.74, 6) is 0.0788. The van der Waals surface area contributed by atoms with Gasteiger partial charge in [-0.1, -0.05) is 22.0 Å². The topological polar surface area (TPSA) is 65.0 Å². The summed E-state index contributed by atoms with van der Waals surface area (Å²) in [5.41, 5.74) is 1.45. The summed E-state index contributed by atoms with van der Waals surface area (Å²) >= 11 is 3.41. The van der Waals surface area contributed by atoms with Crippen LogP contribution in [0, 0.1) is 0 Å². The number of carboxylic acids is 1. The SMILES string of the molecule is COc1ccc(Br)cc1CC(C(=O)O)c1ccc(OC)c(OC)c1. The van der Waals surface area contributed by atoms with Crippen molar-refractivity contribution in [2.75, 3.05) is 21.3 Å². The van der Waals surface area contributed by atoms with Crippen LogP contribution < -0.4 is 14.2 Å². The number of hydrogen-bond acceptors (Lipinski definition) is 4. The summed E-state index contributed by atoms with van der Waals surface area (Å²) in [4.78, 5) is 11.8. The van der Waals surface area contributed by atoms with Crippen molar-refractivity contribution in [3.05, 3.63) is 52.0 Å². The van der Waals surface area contributed by atoms with Gasteiger partial charge >= 0.3 is 5.97 Å². The lowest BCUT2D eigenvalue weighted by Gasteiger charge is -2.17. The Morgan fingerprint density at radius 3 is 2.21 bits per heavy atom. The van der Waals surface area contributed by atoms with Gasteiger partial charge in [-0.15, -0.1) is 0 Å². The maximum Gasteiger partial charge on any atom is 0.311 e. The van der Waals surface area contributed by atoms with Crippen molar-refractivity contribution in [1.29, 1.82) is 0 Å². The molecule has 24 heavy (non-hydrogen) atoms. The van der Waals surface area contributed by atoms with Crippen molar-refractivity contribution in [1.82, 2.24) is 0 Å². The molecule has 1 atom stereocenters. The molecular formula is C18H19BrO5. The third kappa shape index (κ3) is 4.00. The largest absolute Gasteiger partial charge is 0.496 e. The molecule has 0 radical (unpaired) electrons. The van der Waals surface area contributed by atoms with Gasteiger partial charge in [0.05, 0.1) is 27.2 Å². The fourth-order valence-corrected chi connectivity index (χ4v) is 2.95. The van der Waals surface area contributed by atoms with Gasteiger partial charge in [0.2, 0.25) is 0 Å². The van der Waals surface area contributed by atoms with Gasteiger partial charge in [0.25, 0.3) is 0 Å². The molecule has 0 heterocycles. The first-order valence-corrected chi connectivity index (χ1v) is 8.06. The van der Waals surface area contributed by atoms with E-state index in [1.54, 1.807) is 32.4 Å². The van der Waals surface area contributed by atoms with Crippen molar-refractivity contribution in [3.8, 4) is 17.2 Å². The fourth-order valence-electron chi connectivity index (χ4n) is 2.54. The standard InChI is InChI=1S/C18H19BrO5/c1-22-15-7-5-13(19)8-12(15)9-14(18(20)21)11-4-6-16(23-2)17(10-11)24-3/h4-8,10,14H,9H2,1-3H3,(H,20,21). The molecule has 0 amide bonds. The molecule has 128 valence electrons. The van der Waals surface area contributed by atoms with Crippen LogP contribution in [0.5, 0.6) is 17.2 Å². The van der Waals surface area contributed by atoms with Crippen LogP contribution in [-0.2, 0) is 11.2 Å². The van der Waals surface area contributed by atoms with Crippen LogP contribution in [0.25, 0.3) is 0 Å². The van der Waals surface area contributed by atoms with E-state index in [-0.39, 0.29) is 0 Å². The van der Waals surface area contributed by atoms with E-state index < -0.39 is 11.9 Å². The lowest BCUT2D eigenvalue weighted by Crippen LogP contribution is -2.15. The third-order valence-corrected chi connectivity index (χ3v) is 4.27. The van der Waals surface area contributed by atoms with E-state index in [2.05, 4.69) is 15.9 Å². The average Bonchev–Trinajstić information content (AvgIpc) is 2.59. The predicted octanol–water partition coefficient (Wildman–Crippen LogP) is 3.89. The Bertz CT molecular complexity index is 729. The molecule has 0 aliphatic rings. The summed E-state index contributed by atoms with van der Waals surface area (Å²) < 4.78 is 16.7. The normalized spacial score (nSPS) is 11.7. The number of methoxy groups -OCH3 is 3. The molecule has 0 aromatic heterocycles. The van der Waals surface area contributed by atoms with E-state index in [0.29, 0.717) is 29.2 Å². The molecule has 1 unspecified atom stereocenters. The van der Waals surface area contributed by atoms with Gasteiger partial charge in [0.1, 0.15) is 5.75 Å². The molecule has 2 rings (SSSR count). The maximum atomic E-state index is 11.8. The molecule has 0 aliphatic carbocycles. The third-order valence-electron chi connectivity index (χ3n) is 3.77. The zero-order chi connectivity index (χ0) is 17.7. The van der Waals surface area contributed by atoms with E-state index in [0.717, 1.165) is 10.0 Å². The summed E-state index contributed by atoms with van der Waals surface area (Å²) in [6.45, 7) is 0. The minimum Gasteiger partial charge on any atom is -0.496 e. The summed E-state index contributed by atoms with van der Waals surface area (Å²) in [7, 11) is 4.63. The Hall–Kier alpha value is -2.21. The first-order valence-electron chi connectivity index (χ1n) is 7.27. The monoisotopic (exact) mass is 394 g/mol. The van der Waals surface area contributed by atoms with Crippen LogP contribution in [0.1, 0.15) is 17.0 Å². The summed E-state index contributed by atoms with van der Waals surface area (Å²) in [6.07, 6.45) is 0.299. The van der Waals surface area contributed by atoms with E-state index in [1.807, 2.05) is 18.2 Å². The molecule has 0 spiro atoms. The van der Waals surface area contributed by atoms with Gasteiger partial charge in [0, 0.05) is 4.47 Å². The second kappa shape index (κ2) is 8.06. The number of benzene rings is 2. The highest BCUT2D eigenvalue weighted by molar-refractivity contribution is 9.10. The Kier molecular flexibility index (Phi) is 6.09. The molecule has 0 fully saturated rings. The highest BCUT2D eigenvalue weighted by atomic mass is 79.9. The van der Waals surface area contributed by atoms with Crippen LogP contribution in [0.3, 0.4) is 0 Å². The molecule has 0 saturated heterocycles. The highest BCUT2D eigenvalue weighted by Gasteiger charge is 2.23. The summed E-state index contributed by atoms with van der Waals surface area (Å²) in [6, 6.07) is 10.7. The van der Waals surface area contributed by atoms with Gasteiger partial charge in [-0.3, -0.25) is 4.79 Å². The lowest BCUT2D eigenvalue weighted by molar-refractivity contribution is -0.138. The van der Waals surface area contributed by atoms with Gasteiger partial charge < -0.3 is 19.3 Å². The molecule has 2 aromatic rings. The molecule has 5 nitrogen and oxygen atoms in total. The minimum absolute atomic E-state index is 0.299. The van der Waals surface area contributed by atoms with E-state index in [4.69, 9.17) is 14.2 Å². The number of ether oxygens (including phenoxy) is 3. The highest BCUT2D eigenvalue weighted by Crippen LogP contribution is 2.34. The van der Waals surface area contributed by atoms with Crippen molar-refractivity contribution in [2.45, 2.75) is 12.3 Å². The molecule has 2 aromatic carbocycles. The van der Waals surface area contributed by atoms with Crippen LogP contribution >= 0.6 is 15.9 Å². The molecule has 6 heteroatoms. The van der Waals surface area contributed by atoms with Crippen LogP contribution in [0.2, 0.25) is 0 Å². The Morgan fingerprint density at radius 2 is 1.62 bits per heavy atom. The van der Waals surface area contributed by atoms with Crippen molar-refractivity contribution >= 4 is 21.9 Å². The molecular weight excluding hydrogens is 376 g/mol. The van der Waals surface area contributed by atoms with Crippen LogP contribution in [0.4, 0.5) is 0 Å². The quantitative estimate of drug-likeness (QED) is 0.771. The Morgan fingerprint density at radius 1 is 1.00 bits per heavy atom. The minimum atomic E-state index is -0.913.